The molecule has 0 aromatic heterocycles. The molecule has 2 aromatic carbocycles. The normalized spacial score (nSPS) is 10.9. The lowest BCUT2D eigenvalue weighted by Crippen LogP contribution is -2.18. The maximum Gasteiger partial charge on any atom is 0.148 e. The second-order valence-corrected chi connectivity index (χ2v) is 6.09. The number of benzene rings is 2. The van der Waals surface area contributed by atoms with Gasteiger partial charge in [-0.05, 0) is 35.4 Å². The fourth-order valence-electron chi connectivity index (χ4n) is 2.48. The second kappa shape index (κ2) is 8.42. The number of hydrogen-bond acceptors (Lipinski definition) is 3. The lowest BCUT2D eigenvalue weighted by atomic mass is 9.78. The van der Waals surface area contributed by atoms with Gasteiger partial charge in [-0.25, -0.2) is 0 Å². The molecule has 0 saturated carbocycles. The van der Waals surface area contributed by atoms with Crippen molar-refractivity contribution in [1.29, 1.82) is 0 Å². The third kappa shape index (κ3) is 4.53. The molecule has 0 bridgehead atoms. The lowest BCUT2D eigenvalue weighted by Gasteiger charge is -2.26. The topological polar surface area (TPSA) is 38.7 Å². The van der Waals surface area contributed by atoms with Crippen LogP contribution in [-0.2, 0) is 5.41 Å². The van der Waals surface area contributed by atoms with Gasteiger partial charge in [-0.2, -0.15) is 0 Å². The Balaban J connectivity index is 2.10. The van der Waals surface area contributed by atoms with E-state index in [9.17, 15) is 0 Å². The summed E-state index contributed by atoms with van der Waals surface area (Å²) >= 11 is 0. The molecule has 0 aliphatic rings. The van der Waals surface area contributed by atoms with Gasteiger partial charge in [0.1, 0.15) is 18.1 Å². The SMILES string of the molecule is C#CCOc1ccc(C(C)(C)c2ccc(OCCCO)cc2)cc1. The van der Waals surface area contributed by atoms with Crippen LogP contribution in [0.3, 0.4) is 0 Å². The van der Waals surface area contributed by atoms with Crippen molar-refractivity contribution in [3.8, 4) is 23.8 Å². The van der Waals surface area contributed by atoms with Gasteiger partial charge in [0.2, 0.25) is 0 Å². The minimum atomic E-state index is -0.131. The van der Waals surface area contributed by atoms with Gasteiger partial charge in [-0.1, -0.05) is 44.0 Å². The molecule has 0 heterocycles. The Morgan fingerprint density at radius 1 is 0.917 bits per heavy atom. The van der Waals surface area contributed by atoms with Crippen molar-refractivity contribution < 1.29 is 14.6 Å². The highest BCUT2D eigenvalue weighted by Crippen LogP contribution is 2.33. The molecule has 0 unspecified atom stereocenters. The minimum absolute atomic E-state index is 0.131. The van der Waals surface area contributed by atoms with Crippen molar-refractivity contribution >= 4 is 0 Å². The van der Waals surface area contributed by atoms with Crippen LogP contribution in [0.15, 0.2) is 48.5 Å². The van der Waals surface area contributed by atoms with Gasteiger partial charge in [0.25, 0.3) is 0 Å². The standard InChI is InChI=1S/C21H24O3/c1-4-15-23-19-10-6-17(7-11-19)21(2,3)18-8-12-20(13-9-18)24-16-5-14-22/h1,6-13,22H,5,14-16H2,2-3H3. The summed E-state index contributed by atoms with van der Waals surface area (Å²) in [4.78, 5) is 0. The first kappa shape index (κ1) is 17.9. The quantitative estimate of drug-likeness (QED) is 0.593. The van der Waals surface area contributed by atoms with E-state index in [-0.39, 0.29) is 18.6 Å². The van der Waals surface area contributed by atoms with Crippen LogP contribution in [0.4, 0.5) is 0 Å². The Morgan fingerprint density at radius 2 is 1.42 bits per heavy atom. The Hall–Kier alpha value is -2.44. The van der Waals surface area contributed by atoms with Crippen molar-refractivity contribution in [3.63, 3.8) is 0 Å². The number of aliphatic hydroxyl groups is 1. The molecule has 3 heteroatoms. The molecule has 0 saturated heterocycles. The van der Waals surface area contributed by atoms with E-state index in [0.29, 0.717) is 13.0 Å². The smallest absolute Gasteiger partial charge is 0.148 e. The van der Waals surface area contributed by atoms with Crippen molar-refractivity contribution in [2.75, 3.05) is 19.8 Å². The number of hydrogen-bond donors (Lipinski definition) is 1. The zero-order valence-corrected chi connectivity index (χ0v) is 14.3. The first-order valence-electron chi connectivity index (χ1n) is 8.09. The summed E-state index contributed by atoms with van der Waals surface area (Å²) in [5.41, 5.74) is 2.27. The summed E-state index contributed by atoms with van der Waals surface area (Å²) in [6, 6.07) is 16.1. The van der Waals surface area contributed by atoms with E-state index in [4.69, 9.17) is 21.0 Å². The molecule has 0 aliphatic carbocycles. The molecule has 0 amide bonds. The van der Waals surface area contributed by atoms with Crippen LogP contribution in [0.25, 0.3) is 0 Å². The Labute approximate surface area is 144 Å². The van der Waals surface area contributed by atoms with Gasteiger partial charge >= 0.3 is 0 Å². The van der Waals surface area contributed by atoms with E-state index < -0.39 is 0 Å². The van der Waals surface area contributed by atoms with Crippen molar-refractivity contribution in [2.45, 2.75) is 25.7 Å². The fourth-order valence-corrected chi connectivity index (χ4v) is 2.48. The van der Waals surface area contributed by atoms with Gasteiger partial charge in [-0.15, -0.1) is 6.42 Å². The molecule has 1 N–H and O–H groups in total. The second-order valence-electron chi connectivity index (χ2n) is 6.09. The van der Waals surface area contributed by atoms with Crippen LogP contribution in [-0.4, -0.2) is 24.9 Å². The van der Waals surface area contributed by atoms with Crippen molar-refractivity contribution in [1.82, 2.24) is 0 Å². The van der Waals surface area contributed by atoms with E-state index in [1.165, 1.54) is 11.1 Å². The lowest BCUT2D eigenvalue weighted by molar-refractivity contribution is 0.233. The Bertz CT molecular complexity index is 664. The minimum Gasteiger partial charge on any atom is -0.494 e. The van der Waals surface area contributed by atoms with Gasteiger partial charge < -0.3 is 14.6 Å². The molecule has 0 fully saturated rings. The molecule has 2 aromatic rings. The third-order valence-electron chi connectivity index (χ3n) is 4.05. The summed E-state index contributed by atoms with van der Waals surface area (Å²) in [5.74, 6) is 4.06. The third-order valence-corrected chi connectivity index (χ3v) is 4.05. The molecule has 3 nitrogen and oxygen atoms in total. The van der Waals surface area contributed by atoms with Crippen LogP contribution in [0.5, 0.6) is 11.5 Å². The molecule has 0 radical (unpaired) electrons. The largest absolute Gasteiger partial charge is 0.494 e. The van der Waals surface area contributed by atoms with Gasteiger partial charge in [0, 0.05) is 18.4 Å². The monoisotopic (exact) mass is 324 g/mol. The fraction of sp³-hybridized carbons (Fsp3) is 0.333. The van der Waals surface area contributed by atoms with E-state index in [1.807, 2.05) is 24.3 Å². The summed E-state index contributed by atoms with van der Waals surface area (Å²) in [6.45, 7) is 5.32. The molecule has 126 valence electrons. The predicted molar refractivity (Wildman–Crippen MR) is 96.5 cm³/mol. The van der Waals surface area contributed by atoms with E-state index in [1.54, 1.807) is 0 Å². The summed E-state index contributed by atoms with van der Waals surface area (Å²) in [7, 11) is 0. The van der Waals surface area contributed by atoms with Gasteiger partial charge in [0.05, 0.1) is 6.61 Å². The molecule has 2 rings (SSSR count). The number of rotatable bonds is 8. The molecular formula is C21H24O3. The first-order valence-corrected chi connectivity index (χ1v) is 8.09. The average Bonchev–Trinajstić information content (AvgIpc) is 2.61. The number of aliphatic hydroxyl groups excluding tert-OH is 1. The molecular weight excluding hydrogens is 300 g/mol. The highest BCUT2D eigenvalue weighted by Gasteiger charge is 2.23. The number of ether oxygens (including phenoxy) is 2. The van der Waals surface area contributed by atoms with Crippen LogP contribution >= 0.6 is 0 Å². The van der Waals surface area contributed by atoms with E-state index >= 15 is 0 Å². The van der Waals surface area contributed by atoms with Crippen molar-refractivity contribution in [3.05, 3.63) is 59.7 Å². The predicted octanol–water partition coefficient (Wildman–Crippen LogP) is 3.79. The van der Waals surface area contributed by atoms with Gasteiger partial charge in [-0.3, -0.25) is 0 Å². The zero-order valence-electron chi connectivity index (χ0n) is 14.3. The maximum absolute atomic E-state index is 8.79. The molecule has 0 atom stereocenters. The molecule has 0 spiro atoms. The molecule has 24 heavy (non-hydrogen) atoms. The van der Waals surface area contributed by atoms with Gasteiger partial charge in [0.15, 0.2) is 0 Å². The Kier molecular flexibility index (Phi) is 6.28. The number of terminal acetylenes is 1. The average molecular weight is 324 g/mol. The summed E-state index contributed by atoms with van der Waals surface area (Å²) < 4.78 is 11.0. The highest BCUT2D eigenvalue weighted by atomic mass is 16.5. The molecule has 0 aliphatic heterocycles. The summed E-state index contributed by atoms with van der Waals surface area (Å²) in [5, 5.41) is 8.79. The van der Waals surface area contributed by atoms with Crippen LogP contribution < -0.4 is 9.47 Å². The Morgan fingerprint density at radius 3 is 1.88 bits per heavy atom. The van der Waals surface area contributed by atoms with E-state index in [0.717, 1.165) is 11.5 Å². The zero-order chi connectivity index (χ0) is 17.4. The van der Waals surface area contributed by atoms with Crippen LogP contribution in [0.1, 0.15) is 31.4 Å². The van der Waals surface area contributed by atoms with Crippen LogP contribution in [0, 0.1) is 12.3 Å². The van der Waals surface area contributed by atoms with E-state index in [2.05, 4.69) is 44.0 Å². The summed E-state index contributed by atoms with van der Waals surface area (Å²) in [6.07, 6.45) is 5.84. The van der Waals surface area contributed by atoms with Crippen LogP contribution in [0.2, 0.25) is 0 Å². The maximum atomic E-state index is 8.79. The highest BCUT2D eigenvalue weighted by molar-refractivity contribution is 5.41. The first-order chi connectivity index (χ1) is 11.6. The van der Waals surface area contributed by atoms with Crippen molar-refractivity contribution in [2.24, 2.45) is 0 Å².